The lowest BCUT2D eigenvalue weighted by Gasteiger charge is -2.28. The van der Waals surface area contributed by atoms with Crippen LogP contribution in [0.25, 0.3) is 0 Å². The topological polar surface area (TPSA) is 114 Å². The lowest BCUT2D eigenvalue weighted by Crippen LogP contribution is -2.21. The summed E-state index contributed by atoms with van der Waals surface area (Å²) in [6.45, 7) is 7.59. The number of allylic oxidation sites excluding steroid dienone is 2. The van der Waals surface area contributed by atoms with E-state index in [4.69, 9.17) is 25.3 Å². The Morgan fingerprint density at radius 1 is 1.33 bits per heavy atom. The first-order valence-corrected chi connectivity index (χ1v) is 11.0. The SMILES string of the molecule is CCCCC(F)(F)c1cc(OC(N)=O)c(C2CCC=C(C)C2)c(OC(C)C)c1.CO[N+](=O)[O-]. The standard InChI is InChI=1S/C22H31F2NO3.CH3NO3/c1-5-6-10-22(23,24)17-12-18(27-14(2)3)20(19(13-17)28-21(25)26)16-9-7-8-15(4)11-16;1-5-2(3)4/h8,12-14,16H,5-7,9-11H2,1-4H3,(H2,25,26);1H3. The Balaban J connectivity index is 0.000000981. The van der Waals surface area contributed by atoms with Crippen LogP contribution in [0.2, 0.25) is 0 Å². The van der Waals surface area contributed by atoms with Crippen LogP contribution in [0.4, 0.5) is 13.6 Å². The van der Waals surface area contributed by atoms with Gasteiger partial charge in [-0.3, -0.25) is 0 Å². The summed E-state index contributed by atoms with van der Waals surface area (Å²) in [5.74, 6) is -2.59. The van der Waals surface area contributed by atoms with Crippen molar-refractivity contribution in [2.24, 2.45) is 5.73 Å². The van der Waals surface area contributed by atoms with Crippen LogP contribution in [0.5, 0.6) is 11.5 Å². The predicted molar refractivity (Wildman–Crippen MR) is 120 cm³/mol. The van der Waals surface area contributed by atoms with Crippen molar-refractivity contribution in [3.8, 4) is 11.5 Å². The molecule has 1 aromatic rings. The van der Waals surface area contributed by atoms with Gasteiger partial charge >= 0.3 is 6.09 Å². The van der Waals surface area contributed by atoms with Gasteiger partial charge in [-0.15, -0.1) is 10.1 Å². The van der Waals surface area contributed by atoms with E-state index in [1.54, 1.807) is 0 Å². The van der Waals surface area contributed by atoms with Gasteiger partial charge in [0.25, 0.3) is 11.0 Å². The summed E-state index contributed by atoms with van der Waals surface area (Å²) < 4.78 is 40.7. The maximum atomic E-state index is 14.8. The quantitative estimate of drug-likeness (QED) is 0.258. The summed E-state index contributed by atoms with van der Waals surface area (Å²) in [5.41, 5.74) is 6.90. The highest BCUT2D eigenvalue weighted by atomic mass is 19.3. The molecule has 1 amide bonds. The number of hydrogen-bond donors (Lipinski definition) is 1. The number of alkyl halides is 2. The van der Waals surface area contributed by atoms with Crippen LogP contribution < -0.4 is 15.2 Å². The van der Waals surface area contributed by atoms with Crippen molar-refractivity contribution in [3.63, 3.8) is 0 Å². The lowest BCUT2D eigenvalue weighted by molar-refractivity contribution is -0.749. The molecule has 0 radical (unpaired) electrons. The monoisotopic (exact) mass is 472 g/mol. The number of benzene rings is 1. The molecular formula is C23H34F2N2O6. The Bertz CT molecular complexity index is 842. The first-order valence-electron chi connectivity index (χ1n) is 11.0. The number of ether oxygens (including phenoxy) is 2. The summed E-state index contributed by atoms with van der Waals surface area (Å²) in [6, 6.07) is 2.67. The van der Waals surface area contributed by atoms with Crippen molar-refractivity contribution >= 4 is 6.09 Å². The second-order valence-corrected chi connectivity index (χ2v) is 8.22. The van der Waals surface area contributed by atoms with Crippen LogP contribution >= 0.6 is 0 Å². The number of amides is 1. The predicted octanol–water partition coefficient (Wildman–Crippen LogP) is 6.25. The Labute approximate surface area is 193 Å². The third kappa shape index (κ3) is 9.23. The smallest absolute Gasteiger partial charge is 0.409 e. The maximum absolute atomic E-state index is 14.8. The van der Waals surface area contributed by atoms with Crippen LogP contribution in [0.3, 0.4) is 0 Å². The fourth-order valence-corrected chi connectivity index (χ4v) is 3.65. The second kappa shape index (κ2) is 13.0. The number of primary amides is 1. The van der Waals surface area contributed by atoms with Crippen LogP contribution in [-0.2, 0) is 10.8 Å². The molecule has 186 valence electrons. The van der Waals surface area contributed by atoms with Gasteiger partial charge in [-0.05, 0) is 64.5 Å². The van der Waals surface area contributed by atoms with Crippen molar-refractivity contribution in [2.75, 3.05) is 7.11 Å². The van der Waals surface area contributed by atoms with Gasteiger partial charge < -0.3 is 20.0 Å². The Morgan fingerprint density at radius 2 is 1.94 bits per heavy atom. The molecule has 1 unspecified atom stereocenters. The van der Waals surface area contributed by atoms with Gasteiger partial charge in [0.2, 0.25) is 0 Å². The molecule has 1 aliphatic carbocycles. The van der Waals surface area contributed by atoms with E-state index >= 15 is 0 Å². The number of nitrogens with zero attached hydrogens (tertiary/aromatic N) is 1. The molecule has 0 fully saturated rings. The molecule has 2 rings (SSSR count). The van der Waals surface area contributed by atoms with Crippen molar-refractivity contribution in [2.45, 2.75) is 84.2 Å². The lowest BCUT2D eigenvalue weighted by atomic mass is 9.82. The van der Waals surface area contributed by atoms with E-state index in [-0.39, 0.29) is 29.8 Å². The molecule has 0 saturated heterocycles. The molecule has 8 nitrogen and oxygen atoms in total. The summed E-state index contributed by atoms with van der Waals surface area (Å²) in [6.07, 6.45) is 4.19. The Hall–Kier alpha value is -2.91. The molecule has 1 aromatic carbocycles. The summed E-state index contributed by atoms with van der Waals surface area (Å²) in [7, 11) is 1.00. The van der Waals surface area contributed by atoms with Gasteiger partial charge in [-0.1, -0.05) is 25.0 Å². The zero-order valence-corrected chi connectivity index (χ0v) is 19.9. The molecule has 0 aliphatic heterocycles. The average molecular weight is 473 g/mol. The van der Waals surface area contributed by atoms with E-state index < -0.39 is 17.1 Å². The first kappa shape index (κ1) is 28.1. The Morgan fingerprint density at radius 3 is 2.42 bits per heavy atom. The summed E-state index contributed by atoms with van der Waals surface area (Å²) in [5, 5.41) is 8.08. The minimum absolute atomic E-state index is 0.0198. The molecule has 10 heteroatoms. The summed E-state index contributed by atoms with van der Waals surface area (Å²) in [4.78, 5) is 23.9. The molecule has 1 atom stereocenters. The number of rotatable bonds is 9. The highest BCUT2D eigenvalue weighted by Gasteiger charge is 2.35. The average Bonchev–Trinajstić information content (AvgIpc) is 2.71. The molecule has 0 aromatic heterocycles. The van der Waals surface area contributed by atoms with Crippen LogP contribution in [-0.4, -0.2) is 24.4 Å². The molecule has 2 N–H and O–H groups in total. The van der Waals surface area contributed by atoms with E-state index in [1.807, 2.05) is 27.7 Å². The number of hydrogen-bond acceptors (Lipinski definition) is 6. The van der Waals surface area contributed by atoms with Crippen LogP contribution in [0.15, 0.2) is 23.8 Å². The fraction of sp³-hybridized carbons (Fsp3) is 0.609. The van der Waals surface area contributed by atoms with Crippen molar-refractivity contribution < 1.29 is 33.0 Å². The summed E-state index contributed by atoms with van der Waals surface area (Å²) >= 11 is 0. The number of nitrogens with two attached hydrogens (primary N) is 1. The van der Waals surface area contributed by atoms with E-state index in [2.05, 4.69) is 10.9 Å². The van der Waals surface area contributed by atoms with Gasteiger partial charge in [-0.25, -0.2) is 13.6 Å². The van der Waals surface area contributed by atoms with Crippen LogP contribution in [0, 0.1) is 10.1 Å². The highest BCUT2D eigenvalue weighted by Crippen LogP contribution is 2.47. The number of carbonyl (C=O) groups is 1. The van der Waals surface area contributed by atoms with Crippen LogP contribution in [0.1, 0.15) is 83.3 Å². The van der Waals surface area contributed by atoms with E-state index in [0.29, 0.717) is 24.2 Å². The van der Waals surface area contributed by atoms with E-state index in [9.17, 15) is 13.6 Å². The molecule has 0 bridgehead atoms. The molecule has 0 heterocycles. The van der Waals surface area contributed by atoms with Gasteiger partial charge in [0.05, 0.1) is 13.2 Å². The second-order valence-electron chi connectivity index (χ2n) is 8.22. The minimum atomic E-state index is -3.04. The normalized spacial score (nSPS) is 15.8. The van der Waals surface area contributed by atoms with Crippen molar-refractivity contribution in [1.82, 2.24) is 0 Å². The van der Waals surface area contributed by atoms with E-state index in [1.165, 1.54) is 17.7 Å². The third-order valence-corrected chi connectivity index (χ3v) is 5.08. The zero-order valence-electron chi connectivity index (χ0n) is 19.9. The van der Waals surface area contributed by atoms with Crippen molar-refractivity contribution in [3.05, 3.63) is 45.0 Å². The van der Waals surface area contributed by atoms with Gasteiger partial charge in [0.15, 0.2) is 0 Å². The fourth-order valence-electron chi connectivity index (χ4n) is 3.65. The zero-order chi connectivity index (χ0) is 25.2. The maximum Gasteiger partial charge on any atom is 0.409 e. The van der Waals surface area contributed by atoms with Gasteiger partial charge in [0.1, 0.15) is 11.5 Å². The first-order chi connectivity index (χ1) is 15.4. The highest BCUT2D eigenvalue weighted by molar-refractivity contribution is 5.70. The number of carbonyl (C=O) groups excluding carboxylic acids is 1. The molecular weight excluding hydrogens is 438 g/mol. The van der Waals surface area contributed by atoms with Gasteiger partial charge in [-0.2, -0.15) is 0 Å². The minimum Gasteiger partial charge on any atom is -0.491 e. The number of halogens is 2. The third-order valence-electron chi connectivity index (χ3n) is 5.08. The number of unbranched alkanes of at least 4 members (excludes halogenated alkanes) is 1. The van der Waals surface area contributed by atoms with Crippen molar-refractivity contribution in [1.29, 1.82) is 0 Å². The molecule has 0 saturated carbocycles. The molecule has 33 heavy (non-hydrogen) atoms. The van der Waals surface area contributed by atoms with E-state index in [0.717, 1.165) is 26.4 Å². The molecule has 1 aliphatic rings. The Kier molecular flexibility index (Phi) is 11.0. The van der Waals surface area contributed by atoms with Gasteiger partial charge in [0, 0.05) is 17.5 Å². The largest absolute Gasteiger partial charge is 0.491 e. The molecule has 0 spiro atoms.